The largest absolute Gasteiger partial charge is 0.492 e. The Morgan fingerprint density at radius 1 is 1.08 bits per heavy atom. The fourth-order valence-corrected chi connectivity index (χ4v) is 7.07. The predicted octanol–water partition coefficient (Wildman–Crippen LogP) is 2.35. The van der Waals surface area contributed by atoms with Crippen molar-refractivity contribution in [2.75, 3.05) is 0 Å². The van der Waals surface area contributed by atoms with Crippen LogP contribution in [-0.2, 0) is 11.2 Å². The van der Waals surface area contributed by atoms with Crippen molar-refractivity contribution >= 4 is 20.0 Å². The van der Waals surface area contributed by atoms with Crippen molar-refractivity contribution in [2.24, 2.45) is 0 Å². The lowest BCUT2D eigenvalue weighted by molar-refractivity contribution is -0.144. The molecule has 0 aliphatic rings. The molecule has 0 unspecified atom stereocenters. The Morgan fingerprint density at radius 2 is 1.67 bits per heavy atom. The Morgan fingerprint density at radius 3 is 2.21 bits per heavy atom. The highest BCUT2D eigenvalue weighted by Gasteiger charge is 2.22. The van der Waals surface area contributed by atoms with Gasteiger partial charge in [-0.1, -0.05) is 57.1 Å². The fourth-order valence-electron chi connectivity index (χ4n) is 3.25. The molecule has 0 bridgehead atoms. The standard InChI is InChI=1S/C18H25NO4Si/c1-12(2)24(13(3)4)15-7-5-6-14(10-15)11-18(22)23-19-16(20)8-9-17(19)21/h5-10,12-13,20-21,24H,11H2,1-4H3. The van der Waals surface area contributed by atoms with Gasteiger partial charge in [0.05, 0.1) is 15.2 Å². The molecule has 0 saturated carbocycles. The van der Waals surface area contributed by atoms with Crippen LogP contribution in [-0.4, -0.2) is 29.7 Å². The molecular weight excluding hydrogens is 322 g/mol. The molecule has 0 atom stereocenters. The zero-order chi connectivity index (χ0) is 17.9. The highest BCUT2D eigenvalue weighted by molar-refractivity contribution is 6.75. The minimum Gasteiger partial charge on any atom is -0.492 e. The van der Waals surface area contributed by atoms with Crippen molar-refractivity contribution in [3.05, 3.63) is 42.0 Å². The van der Waals surface area contributed by atoms with Gasteiger partial charge in [-0.25, -0.2) is 4.79 Å². The number of aromatic nitrogens is 1. The summed E-state index contributed by atoms with van der Waals surface area (Å²) >= 11 is 0. The average Bonchev–Trinajstić information content (AvgIpc) is 2.78. The van der Waals surface area contributed by atoms with E-state index in [0.717, 1.165) is 5.56 Å². The van der Waals surface area contributed by atoms with Crippen LogP contribution >= 0.6 is 0 Å². The van der Waals surface area contributed by atoms with E-state index in [0.29, 0.717) is 15.8 Å². The third-order valence-corrected chi connectivity index (χ3v) is 8.11. The van der Waals surface area contributed by atoms with Crippen molar-refractivity contribution in [1.82, 2.24) is 4.73 Å². The molecule has 0 spiro atoms. The summed E-state index contributed by atoms with van der Waals surface area (Å²) in [6.45, 7) is 9.04. The number of aromatic hydroxyl groups is 2. The van der Waals surface area contributed by atoms with Crippen molar-refractivity contribution in [1.29, 1.82) is 0 Å². The first-order valence-corrected chi connectivity index (χ1v) is 10.1. The summed E-state index contributed by atoms with van der Waals surface area (Å²) in [4.78, 5) is 17.1. The quantitative estimate of drug-likeness (QED) is 0.787. The van der Waals surface area contributed by atoms with E-state index < -0.39 is 14.8 Å². The zero-order valence-electron chi connectivity index (χ0n) is 14.6. The molecule has 1 heterocycles. The molecule has 2 rings (SSSR count). The van der Waals surface area contributed by atoms with E-state index in [-0.39, 0.29) is 18.2 Å². The second kappa shape index (κ2) is 7.57. The van der Waals surface area contributed by atoms with E-state index in [1.165, 1.54) is 17.3 Å². The van der Waals surface area contributed by atoms with Crippen LogP contribution in [0, 0.1) is 0 Å². The zero-order valence-corrected chi connectivity index (χ0v) is 15.7. The lowest BCUT2D eigenvalue weighted by Crippen LogP contribution is -2.36. The van der Waals surface area contributed by atoms with E-state index >= 15 is 0 Å². The second-order valence-corrected chi connectivity index (χ2v) is 11.1. The van der Waals surface area contributed by atoms with Crippen LogP contribution in [0.1, 0.15) is 33.3 Å². The Balaban J connectivity index is 2.13. The van der Waals surface area contributed by atoms with Crippen LogP contribution in [0.25, 0.3) is 0 Å². The topological polar surface area (TPSA) is 71.7 Å². The molecule has 130 valence electrons. The predicted molar refractivity (Wildman–Crippen MR) is 96.5 cm³/mol. The summed E-state index contributed by atoms with van der Waals surface area (Å²) < 4.78 is 0.714. The van der Waals surface area contributed by atoms with Crippen LogP contribution in [0.2, 0.25) is 11.1 Å². The van der Waals surface area contributed by atoms with E-state index in [4.69, 9.17) is 4.84 Å². The molecular formula is C18H25NO4Si. The summed E-state index contributed by atoms with van der Waals surface area (Å²) in [6.07, 6.45) is 0.0855. The molecule has 0 saturated heterocycles. The van der Waals surface area contributed by atoms with E-state index in [9.17, 15) is 15.0 Å². The van der Waals surface area contributed by atoms with Gasteiger partial charge < -0.3 is 15.1 Å². The smallest absolute Gasteiger partial charge is 0.337 e. The number of carbonyl (C=O) groups excluding carboxylic acids is 1. The first-order chi connectivity index (χ1) is 11.3. The molecule has 0 radical (unpaired) electrons. The first-order valence-electron chi connectivity index (χ1n) is 8.19. The molecule has 5 nitrogen and oxygen atoms in total. The van der Waals surface area contributed by atoms with Crippen molar-refractivity contribution in [3.63, 3.8) is 0 Å². The maximum Gasteiger partial charge on any atom is 0.337 e. The summed E-state index contributed by atoms with van der Waals surface area (Å²) in [5.74, 6) is -1.18. The van der Waals surface area contributed by atoms with Gasteiger partial charge in [-0.3, -0.25) is 0 Å². The van der Waals surface area contributed by atoms with E-state index in [2.05, 4.69) is 39.8 Å². The maximum atomic E-state index is 12.1. The molecule has 6 heteroatoms. The minimum atomic E-state index is -1.12. The Kier molecular flexibility index (Phi) is 5.72. The number of hydrogen-bond acceptors (Lipinski definition) is 4. The number of nitrogens with zero attached hydrogens (tertiary/aromatic N) is 1. The number of carbonyl (C=O) groups is 1. The van der Waals surface area contributed by atoms with Gasteiger partial charge in [0.25, 0.3) is 0 Å². The monoisotopic (exact) mass is 347 g/mol. The second-order valence-electron chi connectivity index (χ2n) is 6.74. The van der Waals surface area contributed by atoms with Crippen LogP contribution in [0.5, 0.6) is 11.8 Å². The molecule has 1 aromatic heterocycles. The number of benzene rings is 1. The first kappa shape index (κ1) is 18.1. The lowest BCUT2D eigenvalue weighted by atomic mass is 10.1. The van der Waals surface area contributed by atoms with Gasteiger partial charge in [0, 0.05) is 12.1 Å². The van der Waals surface area contributed by atoms with Crippen molar-refractivity contribution < 1.29 is 19.8 Å². The third-order valence-electron chi connectivity index (χ3n) is 4.11. The summed E-state index contributed by atoms with van der Waals surface area (Å²) in [6, 6.07) is 10.6. The molecule has 2 N–H and O–H groups in total. The molecule has 0 fully saturated rings. The van der Waals surface area contributed by atoms with Gasteiger partial charge in [0.1, 0.15) is 0 Å². The van der Waals surface area contributed by atoms with Gasteiger partial charge >= 0.3 is 5.97 Å². The highest BCUT2D eigenvalue weighted by atomic mass is 28.3. The normalized spacial score (nSPS) is 11.5. The van der Waals surface area contributed by atoms with Crippen LogP contribution in [0.3, 0.4) is 0 Å². The summed E-state index contributed by atoms with van der Waals surface area (Å²) in [5, 5.41) is 20.4. The van der Waals surface area contributed by atoms with Gasteiger partial charge in [0.2, 0.25) is 11.8 Å². The number of hydrogen-bond donors (Lipinski definition) is 2. The third kappa shape index (κ3) is 4.20. The van der Waals surface area contributed by atoms with Gasteiger partial charge in [0.15, 0.2) is 0 Å². The Labute approximate surface area is 144 Å². The van der Waals surface area contributed by atoms with Crippen molar-refractivity contribution in [2.45, 2.75) is 45.2 Å². The van der Waals surface area contributed by atoms with E-state index in [1.807, 2.05) is 12.1 Å². The van der Waals surface area contributed by atoms with E-state index in [1.54, 1.807) is 0 Å². The Bertz CT molecular complexity index is 681. The maximum absolute atomic E-state index is 12.1. The molecule has 1 aromatic carbocycles. The molecule has 24 heavy (non-hydrogen) atoms. The fraction of sp³-hybridized carbons (Fsp3) is 0.389. The minimum absolute atomic E-state index is 0.0855. The van der Waals surface area contributed by atoms with Crippen molar-refractivity contribution in [3.8, 4) is 11.8 Å². The molecule has 0 aliphatic carbocycles. The molecule has 0 amide bonds. The van der Waals surface area contributed by atoms with Gasteiger partial charge in [-0.2, -0.15) is 0 Å². The average molecular weight is 347 g/mol. The van der Waals surface area contributed by atoms with Gasteiger partial charge in [-0.15, -0.1) is 4.73 Å². The number of rotatable bonds is 6. The lowest BCUT2D eigenvalue weighted by Gasteiger charge is -2.24. The SMILES string of the molecule is CC(C)[SiH](c1cccc(CC(=O)On2c(O)ccc2O)c1)C(C)C. The van der Waals surface area contributed by atoms with Crippen LogP contribution in [0.4, 0.5) is 0 Å². The highest BCUT2D eigenvalue weighted by Crippen LogP contribution is 2.21. The molecule has 0 aliphatic heterocycles. The van der Waals surface area contributed by atoms with Crippen LogP contribution in [0.15, 0.2) is 36.4 Å². The Hall–Kier alpha value is -2.21. The summed E-state index contributed by atoms with van der Waals surface area (Å²) in [7, 11) is -1.12. The summed E-state index contributed by atoms with van der Waals surface area (Å²) in [5.41, 5.74) is 2.16. The van der Waals surface area contributed by atoms with Crippen LogP contribution < -0.4 is 10.0 Å². The van der Waals surface area contributed by atoms with Gasteiger partial charge in [-0.05, 0) is 16.6 Å². The molecule has 2 aromatic rings.